The molecule has 0 saturated carbocycles. The lowest BCUT2D eigenvalue weighted by Crippen LogP contribution is -2.30. The third kappa shape index (κ3) is 3.19. The van der Waals surface area contributed by atoms with E-state index in [0.29, 0.717) is 22.2 Å². The molecule has 1 N–H and O–H groups in total. The largest absolute Gasteiger partial charge is 0.463 e. The van der Waals surface area contributed by atoms with Gasteiger partial charge < -0.3 is 10.1 Å². The molecule has 0 amide bonds. The van der Waals surface area contributed by atoms with Gasteiger partial charge in [-0.15, -0.1) is 0 Å². The van der Waals surface area contributed by atoms with Crippen molar-refractivity contribution in [1.29, 1.82) is 0 Å². The molecule has 0 bridgehead atoms. The van der Waals surface area contributed by atoms with Gasteiger partial charge in [-0.05, 0) is 30.2 Å². The third-order valence-corrected chi connectivity index (χ3v) is 4.55. The number of hydrogen-bond acceptors (Lipinski definition) is 5. The number of benzene rings is 2. The maximum absolute atomic E-state index is 13.0. The zero-order chi connectivity index (χ0) is 18.8. The minimum atomic E-state index is -0.503. The molecule has 0 spiro atoms. The number of esters is 1. The summed E-state index contributed by atoms with van der Waals surface area (Å²) >= 11 is 6.21. The van der Waals surface area contributed by atoms with E-state index in [1.54, 1.807) is 17.7 Å². The van der Waals surface area contributed by atoms with Crippen molar-refractivity contribution < 1.29 is 9.53 Å². The average Bonchev–Trinajstić information content (AvgIpc) is 3.15. The van der Waals surface area contributed by atoms with Gasteiger partial charge >= 0.3 is 5.97 Å². The molecule has 4 rings (SSSR count). The summed E-state index contributed by atoms with van der Waals surface area (Å²) in [6, 6.07) is 16.5. The van der Waals surface area contributed by atoms with E-state index >= 15 is 0 Å². The first-order valence-electron chi connectivity index (χ1n) is 8.57. The van der Waals surface area contributed by atoms with Gasteiger partial charge in [0.15, 0.2) is 0 Å². The third-order valence-electron chi connectivity index (χ3n) is 4.32. The number of nitrogens with zero attached hydrogens (tertiary/aromatic N) is 3. The van der Waals surface area contributed by atoms with E-state index in [0.717, 1.165) is 11.1 Å². The predicted molar refractivity (Wildman–Crippen MR) is 103 cm³/mol. The van der Waals surface area contributed by atoms with Crippen LogP contribution in [0.5, 0.6) is 0 Å². The zero-order valence-corrected chi connectivity index (χ0v) is 15.3. The van der Waals surface area contributed by atoms with Gasteiger partial charge in [-0.25, -0.2) is 9.48 Å². The van der Waals surface area contributed by atoms with Crippen LogP contribution in [0.4, 0.5) is 5.95 Å². The van der Waals surface area contributed by atoms with E-state index in [4.69, 9.17) is 16.3 Å². The highest BCUT2D eigenvalue weighted by molar-refractivity contribution is 6.30. The standard InChI is InChI=1S/C20H17ClN4O2/c1-2-27-19(26)16-17(13-7-4-3-5-8-13)24-20-22-12-23-25(20)18(16)14-9-6-10-15(21)11-14/h3-12,18H,2H2,1H3,(H,22,23,24). The number of aromatic nitrogens is 3. The Morgan fingerprint density at radius 2 is 2.04 bits per heavy atom. The highest BCUT2D eigenvalue weighted by Crippen LogP contribution is 2.39. The number of hydrogen-bond donors (Lipinski definition) is 1. The molecule has 3 aromatic rings. The average molecular weight is 381 g/mol. The maximum atomic E-state index is 13.0. The van der Waals surface area contributed by atoms with Crippen LogP contribution in [0.25, 0.3) is 5.70 Å². The van der Waals surface area contributed by atoms with Crippen LogP contribution in [0.1, 0.15) is 24.1 Å². The summed E-state index contributed by atoms with van der Waals surface area (Å²) in [6.07, 6.45) is 1.45. The zero-order valence-electron chi connectivity index (χ0n) is 14.6. The quantitative estimate of drug-likeness (QED) is 0.695. The molecule has 1 unspecified atom stereocenters. The second kappa shape index (κ2) is 7.25. The number of ether oxygens (including phenoxy) is 1. The summed E-state index contributed by atoms with van der Waals surface area (Å²) in [5, 5.41) is 8.14. The van der Waals surface area contributed by atoms with Gasteiger partial charge in [0.05, 0.1) is 17.9 Å². The van der Waals surface area contributed by atoms with Gasteiger partial charge in [-0.3, -0.25) is 0 Å². The van der Waals surface area contributed by atoms with Crippen molar-refractivity contribution in [3.8, 4) is 0 Å². The lowest BCUT2D eigenvalue weighted by atomic mass is 9.93. The van der Waals surface area contributed by atoms with E-state index in [-0.39, 0.29) is 6.61 Å². The van der Waals surface area contributed by atoms with Crippen LogP contribution >= 0.6 is 11.6 Å². The smallest absolute Gasteiger partial charge is 0.338 e. The molecule has 0 saturated heterocycles. The Labute approximate surface area is 161 Å². The molecule has 0 radical (unpaired) electrons. The van der Waals surface area contributed by atoms with E-state index < -0.39 is 12.0 Å². The molecule has 1 aromatic heterocycles. The van der Waals surface area contributed by atoms with Crippen LogP contribution in [0.2, 0.25) is 5.02 Å². The molecule has 0 aliphatic carbocycles. The van der Waals surface area contributed by atoms with Crippen LogP contribution in [0.15, 0.2) is 66.5 Å². The monoisotopic (exact) mass is 380 g/mol. The molecular formula is C20H17ClN4O2. The van der Waals surface area contributed by atoms with Gasteiger partial charge in [0.2, 0.25) is 5.95 Å². The Bertz CT molecular complexity index is 1010. The number of carbonyl (C=O) groups excluding carboxylic acids is 1. The van der Waals surface area contributed by atoms with Gasteiger partial charge in [0.1, 0.15) is 12.4 Å². The van der Waals surface area contributed by atoms with Crippen molar-refractivity contribution in [3.05, 3.63) is 82.6 Å². The number of carbonyl (C=O) groups is 1. The van der Waals surface area contributed by atoms with Gasteiger partial charge in [-0.1, -0.05) is 54.1 Å². The minimum absolute atomic E-state index is 0.275. The highest BCUT2D eigenvalue weighted by Gasteiger charge is 2.36. The SMILES string of the molecule is CCOC(=O)C1=C(c2ccccc2)Nc2ncnn2C1c1cccc(Cl)c1. The molecule has 2 aromatic carbocycles. The first-order valence-corrected chi connectivity index (χ1v) is 8.95. The van der Waals surface area contributed by atoms with Crippen LogP contribution in [0, 0.1) is 0 Å². The number of halogens is 1. The molecular weight excluding hydrogens is 364 g/mol. The second-order valence-corrected chi connectivity index (χ2v) is 6.42. The number of rotatable bonds is 4. The van der Waals surface area contributed by atoms with Gasteiger partial charge in [-0.2, -0.15) is 10.1 Å². The van der Waals surface area contributed by atoms with Crippen molar-refractivity contribution in [2.75, 3.05) is 11.9 Å². The van der Waals surface area contributed by atoms with E-state index in [1.807, 2.05) is 48.5 Å². The summed E-state index contributed by atoms with van der Waals surface area (Å²) in [5.74, 6) is 0.141. The molecule has 6 nitrogen and oxygen atoms in total. The van der Waals surface area contributed by atoms with Gasteiger partial charge in [0, 0.05) is 5.02 Å². The van der Waals surface area contributed by atoms with Crippen LogP contribution in [-0.4, -0.2) is 27.3 Å². The summed E-state index contributed by atoms with van der Waals surface area (Å²) in [6.45, 7) is 2.06. The van der Waals surface area contributed by atoms with E-state index in [9.17, 15) is 4.79 Å². The van der Waals surface area contributed by atoms with Crippen molar-refractivity contribution in [1.82, 2.24) is 14.8 Å². The van der Waals surface area contributed by atoms with E-state index in [1.165, 1.54) is 6.33 Å². The van der Waals surface area contributed by atoms with Crippen molar-refractivity contribution in [3.63, 3.8) is 0 Å². The fourth-order valence-corrected chi connectivity index (χ4v) is 3.40. The van der Waals surface area contributed by atoms with E-state index in [2.05, 4.69) is 15.4 Å². The Kier molecular flexibility index (Phi) is 4.64. The fourth-order valence-electron chi connectivity index (χ4n) is 3.21. The van der Waals surface area contributed by atoms with Crippen molar-refractivity contribution >= 4 is 29.2 Å². The van der Waals surface area contributed by atoms with Crippen LogP contribution in [-0.2, 0) is 9.53 Å². The lowest BCUT2D eigenvalue weighted by Gasteiger charge is -2.29. The van der Waals surface area contributed by atoms with Crippen LogP contribution in [0.3, 0.4) is 0 Å². The number of anilines is 1. The first kappa shape index (κ1) is 17.3. The van der Waals surface area contributed by atoms with Gasteiger partial charge in [0.25, 0.3) is 0 Å². The molecule has 7 heteroatoms. The molecule has 1 aliphatic rings. The van der Waals surface area contributed by atoms with Crippen molar-refractivity contribution in [2.45, 2.75) is 13.0 Å². The summed E-state index contributed by atoms with van der Waals surface area (Å²) in [5.41, 5.74) is 2.80. The Morgan fingerprint density at radius 1 is 1.22 bits per heavy atom. The maximum Gasteiger partial charge on any atom is 0.338 e. The summed E-state index contributed by atoms with van der Waals surface area (Å²) < 4.78 is 7.05. The molecule has 1 aliphatic heterocycles. The number of fused-ring (bicyclic) bond motifs is 1. The highest BCUT2D eigenvalue weighted by atomic mass is 35.5. The minimum Gasteiger partial charge on any atom is -0.463 e. The molecule has 1 atom stereocenters. The summed E-state index contributed by atoms with van der Waals surface area (Å²) in [7, 11) is 0. The Morgan fingerprint density at radius 3 is 2.78 bits per heavy atom. The second-order valence-electron chi connectivity index (χ2n) is 5.99. The Balaban J connectivity index is 1.97. The molecule has 0 fully saturated rings. The first-order chi connectivity index (χ1) is 13.2. The van der Waals surface area contributed by atoms with Crippen molar-refractivity contribution in [2.24, 2.45) is 0 Å². The molecule has 27 heavy (non-hydrogen) atoms. The Hall–Kier alpha value is -3.12. The topological polar surface area (TPSA) is 69.0 Å². The lowest BCUT2D eigenvalue weighted by molar-refractivity contribution is -0.138. The normalized spacial score (nSPS) is 15.9. The number of nitrogens with one attached hydrogen (secondary N) is 1. The molecule has 136 valence electrons. The predicted octanol–water partition coefficient (Wildman–Crippen LogP) is 3.92. The van der Waals surface area contributed by atoms with Crippen LogP contribution < -0.4 is 5.32 Å². The summed E-state index contributed by atoms with van der Waals surface area (Å²) in [4.78, 5) is 17.3. The fraction of sp³-hybridized carbons (Fsp3) is 0.150. The molecule has 2 heterocycles.